The summed E-state index contributed by atoms with van der Waals surface area (Å²) in [5.74, 6) is 0.978. The molecule has 0 atom stereocenters. The fraction of sp³-hybridized carbons (Fsp3) is 0.333. The number of carbonyl (C=O) groups is 1. The molecule has 1 fully saturated rings. The maximum absolute atomic E-state index is 12.3. The smallest absolute Gasteiger partial charge is 0.323 e. The van der Waals surface area contributed by atoms with E-state index in [-0.39, 0.29) is 17.3 Å². The topological polar surface area (TPSA) is 111 Å². The van der Waals surface area contributed by atoms with Crippen molar-refractivity contribution < 1.29 is 9.32 Å². The number of aryl methyl sites for hydroxylation is 1. The molecule has 9 nitrogen and oxygen atoms in total. The molecule has 1 aliphatic rings. The van der Waals surface area contributed by atoms with Gasteiger partial charge >= 0.3 is 5.69 Å². The summed E-state index contributed by atoms with van der Waals surface area (Å²) in [5.41, 5.74) is 1.93. The Morgan fingerprint density at radius 3 is 2.70 bits per heavy atom. The highest BCUT2D eigenvalue weighted by atomic mass is 16.5. The Morgan fingerprint density at radius 1 is 1.22 bits per heavy atom. The third-order valence-electron chi connectivity index (χ3n) is 4.69. The SMILES string of the molecule is Cc1ccccc1-c1nc(CN2CCN(C(=O)c3c[nH]c(=O)[nH]3)CC2)no1. The number of aromatic nitrogens is 4. The Balaban J connectivity index is 1.35. The van der Waals surface area contributed by atoms with Crippen LogP contribution in [0, 0.1) is 6.92 Å². The summed E-state index contributed by atoms with van der Waals surface area (Å²) in [6.07, 6.45) is 1.41. The number of rotatable bonds is 4. The van der Waals surface area contributed by atoms with Gasteiger partial charge in [-0.15, -0.1) is 0 Å². The second kappa shape index (κ2) is 7.20. The van der Waals surface area contributed by atoms with Crippen molar-refractivity contribution in [1.29, 1.82) is 0 Å². The summed E-state index contributed by atoms with van der Waals surface area (Å²) in [5, 5.41) is 4.08. The third kappa shape index (κ3) is 3.68. The molecule has 0 spiro atoms. The monoisotopic (exact) mass is 368 g/mol. The first-order valence-electron chi connectivity index (χ1n) is 8.78. The fourth-order valence-corrected chi connectivity index (χ4v) is 3.17. The summed E-state index contributed by atoms with van der Waals surface area (Å²) < 4.78 is 5.40. The van der Waals surface area contributed by atoms with E-state index in [2.05, 4.69) is 25.0 Å². The number of H-pyrrole nitrogens is 2. The zero-order chi connectivity index (χ0) is 18.8. The molecule has 3 heterocycles. The van der Waals surface area contributed by atoms with E-state index < -0.39 is 0 Å². The lowest BCUT2D eigenvalue weighted by Crippen LogP contribution is -2.48. The van der Waals surface area contributed by atoms with Crippen molar-refractivity contribution in [3.63, 3.8) is 0 Å². The minimum Gasteiger partial charge on any atom is -0.335 e. The molecule has 140 valence electrons. The number of hydrogen-bond donors (Lipinski definition) is 2. The molecule has 0 radical (unpaired) electrons. The van der Waals surface area contributed by atoms with Crippen molar-refractivity contribution in [2.75, 3.05) is 26.2 Å². The second-order valence-electron chi connectivity index (χ2n) is 6.56. The number of imidazole rings is 1. The molecule has 0 saturated carbocycles. The average Bonchev–Trinajstić information content (AvgIpc) is 3.31. The number of carbonyl (C=O) groups excluding carboxylic acids is 1. The molecule has 0 aliphatic carbocycles. The van der Waals surface area contributed by atoms with Crippen LogP contribution < -0.4 is 5.69 Å². The van der Waals surface area contributed by atoms with E-state index >= 15 is 0 Å². The van der Waals surface area contributed by atoms with E-state index in [0.717, 1.165) is 11.1 Å². The van der Waals surface area contributed by atoms with Crippen LogP contribution >= 0.6 is 0 Å². The van der Waals surface area contributed by atoms with Gasteiger partial charge in [-0.25, -0.2) is 4.79 Å². The Morgan fingerprint density at radius 2 is 2.00 bits per heavy atom. The summed E-state index contributed by atoms with van der Waals surface area (Å²) in [7, 11) is 0. The lowest BCUT2D eigenvalue weighted by atomic mass is 10.1. The highest BCUT2D eigenvalue weighted by Crippen LogP contribution is 2.21. The number of benzene rings is 1. The molecular formula is C18H20N6O3. The zero-order valence-electron chi connectivity index (χ0n) is 14.9. The van der Waals surface area contributed by atoms with Crippen molar-refractivity contribution >= 4 is 5.91 Å². The normalized spacial score (nSPS) is 15.2. The summed E-state index contributed by atoms with van der Waals surface area (Å²) >= 11 is 0. The predicted molar refractivity (Wildman–Crippen MR) is 97.1 cm³/mol. The number of nitrogens with one attached hydrogen (secondary N) is 2. The van der Waals surface area contributed by atoms with Gasteiger partial charge in [-0.05, 0) is 18.6 Å². The van der Waals surface area contributed by atoms with Crippen molar-refractivity contribution in [2.24, 2.45) is 0 Å². The Bertz CT molecular complexity index is 996. The number of hydrogen-bond acceptors (Lipinski definition) is 6. The molecule has 2 N–H and O–H groups in total. The van der Waals surface area contributed by atoms with Crippen LogP contribution in [0.1, 0.15) is 21.9 Å². The van der Waals surface area contributed by atoms with E-state index in [0.29, 0.717) is 44.4 Å². The van der Waals surface area contributed by atoms with E-state index in [1.165, 1.54) is 6.20 Å². The van der Waals surface area contributed by atoms with Crippen LogP contribution in [-0.2, 0) is 6.54 Å². The number of amides is 1. The van der Waals surface area contributed by atoms with Gasteiger partial charge in [0.1, 0.15) is 5.69 Å². The molecule has 1 aliphatic heterocycles. The molecule has 3 aromatic rings. The molecular weight excluding hydrogens is 348 g/mol. The van der Waals surface area contributed by atoms with Gasteiger partial charge in [0.15, 0.2) is 5.82 Å². The average molecular weight is 368 g/mol. The van der Waals surface area contributed by atoms with Gasteiger partial charge in [0.25, 0.3) is 11.8 Å². The van der Waals surface area contributed by atoms with E-state index in [1.54, 1.807) is 4.90 Å². The first-order valence-corrected chi connectivity index (χ1v) is 8.78. The molecule has 4 rings (SSSR count). The highest BCUT2D eigenvalue weighted by Gasteiger charge is 2.24. The van der Waals surface area contributed by atoms with Gasteiger partial charge in [-0.3, -0.25) is 9.69 Å². The van der Waals surface area contributed by atoms with Crippen molar-refractivity contribution in [2.45, 2.75) is 13.5 Å². The van der Waals surface area contributed by atoms with Crippen LogP contribution in [-0.4, -0.2) is 62.0 Å². The predicted octanol–water partition coefficient (Wildman–Crippen LogP) is 1.02. The van der Waals surface area contributed by atoms with Crippen LogP contribution in [0.2, 0.25) is 0 Å². The van der Waals surface area contributed by atoms with Gasteiger partial charge < -0.3 is 19.4 Å². The largest absolute Gasteiger partial charge is 0.335 e. The standard InChI is InChI=1S/C18H20N6O3/c1-12-4-2-3-5-13(12)16-21-15(22-27-16)11-23-6-8-24(9-7-23)17(25)14-10-19-18(26)20-14/h2-5,10H,6-9,11H2,1H3,(H2,19,20,26). The van der Waals surface area contributed by atoms with E-state index in [9.17, 15) is 9.59 Å². The van der Waals surface area contributed by atoms with Crippen molar-refractivity contribution in [1.82, 2.24) is 29.9 Å². The highest BCUT2D eigenvalue weighted by molar-refractivity contribution is 5.92. The molecule has 1 saturated heterocycles. The lowest BCUT2D eigenvalue weighted by Gasteiger charge is -2.33. The minimum absolute atomic E-state index is 0.172. The molecule has 1 amide bonds. The van der Waals surface area contributed by atoms with Crippen LogP contribution in [0.4, 0.5) is 0 Å². The Kier molecular flexibility index (Phi) is 4.59. The Hall–Kier alpha value is -3.20. The van der Waals surface area contributed by atoms with Gasteiger partial charge in [0, 0.05) is 37.9 Å². The van der Waals surface area contributed by atoms with E-state index in [4.69, 9.17) is 4.52 Å². The van der Waals surface area contributed by atoms with Crippen LogP contribution in [0.15, 0.2) is 39.8 Å². The molecule has 2 aromatic heterocycles. The molecule has 1 aromatic carbocycles. The van der Waals surface area contributed by atoms with Gasteiger partial charge in [0.05, 0.1) is 6.54 Å². The van der Waals surface area contributed by atoms with Gasteiger partial charge in [0.2, 0.25) is 0 Å². The Labute approximate surface area is 155 Å². The molecule has 9 heteroatoms. The van der Waals surface area contributed by atoms with Crippen molar-refractivity contribution in [3.05, 3.63) is 58.0 Å². The van der Waals surface area contributed by atoms with Crippen molar-refractivity contribution in [3.8, 4) is 11.5 Å². The maximum atomic E-state index is 12.3. The molecule has 0 unspecified atom stereocenters. The second-order valence-corrected chi connectivity index (χ2v) is 6.56. The third-order valence-corrected chi connectivity index (χ3v) is 4.69. The minimum atomic E-state index is -0.376. The maximum Gasteiger partial charge on any atom is 0.323 e. The van der Waals surface area contributed by atoms with Crippen LogP contribution in [0.5, 0.6) is 0 Å². The zero-order valence-corrected chi connectivity index (χ0v) is 14.9. The van der Waals surface area contributed by atoms with Crippen LogP contribution in [0.3, 0.4) is 0 Å². The lowest BCUT2D eigenvalue weighted by molar-refractivity contribution is 0.0619. The van der Waals surface area contributed by atoms with Gasteiger partial charge in [-0.2, -0.15) is 4.98 Å². The van der Waals surface area contributed by atoms with E-state index in [1.807, 2.05) is 31.2 Å². The summed E-state index contributed by atoms with van der Waals surface area (Å²) in [6.45, 7) is 5.14. The van der Waals surface area contributed by atoms with Crippen LogP contribution in [0.25, 0.3) is 11.5 Å². The number of aromatic amines is 2. The first-order chi connectivity index (χ1) is 13.1. The first kappa shape index (κ1) is 17.2. The molecule has 27 heavy (non-hydrogen) atoms. The number of nitrogens with zero attached hydrogens (tertiary/aromatic N) is 4. The molecule has 0 bridgehead atoms. The quantitative estimate of drug-likeness (QED) is 0.711. The number of piperazine rings is 1. The summed E-state index contributed by atoms with van der Waals surface area (Å²) in [4.78, 5) is 36.8. The fourth-order valence-electron chi connectivity index (χ4n) is 3.17. The van der Waals surface area contributed by atoms with Gasteiger partial charge in [-0.1, -0.05) is 23.4 Å². The summed E-state index contributed by atoms with van der Waals surface area (Å²) in [6, 6.07) is 7.88.